The van der Waals surface area contributed by atoms with Crippen LogP contribution in [0, 0.1) is 6.92 Å². The molecule has 1 aromatic rings. The molecular weight excluding hydrogens is 435 g/mol. The fourth-order valence-corrected chi connectivity index (χ4v) is 5.49. The molecule has 0 saturated heterocycles. The van der Waals surface area contributed by atoms with Crippen LogP contribution in [0.3, 0.4) is 0 Å². The summed E-state index contributed by atoms with van der Waals surface area (Å²) in [7, 11) is -6.88. The van der Waals surface area contributed by atoms with E-state index < -0.39 is 25.6 Å². The summed E-state index contributed by atoms with van der Waals surface area (Å²) >= 11 is 11.0. The van der Waals surface area contributed by atoms with Gasteiger partial charge in [-0.1, -0.05) is 6.07 Å². The zero-order valence-electron chi connectivity index (χ0n) is 15.0. The number of hydrogen-bond donors (Lipinski definition) is 1. The summed E-state index contributed by atoms with van der Waals surface area (Å²) in [6.45, 7) is 1.52. The number of aryl methyl sites for hydroxylation is 1. The lowest BCUT2D eigenvalue weighted by molar-refractivity contribution is 0.0775. The van der Waals surface area contributed by atoms with Gasteiger partial charge in [-0.25, -0.2) is 16.8 Å². The van der Waals surface area contributed by atoms with Crippen LogP contribution in [0.2, 0.25) is 0 Å². The van der Waals surface area contributed by atoms with Crippen LogP contribution in [0.1, 0.15) is 15.9 Å². The van der Waals surface area contributed by atoms with Gasteiger partial charge in [-0.3, -0.25) is 4.79 Å². The Labute approximate surface area is 170 Å². The van der Waals surface area contributed by atoms with Crippen LogP contribution in [-0.2, 0) is 19.7 Å². The number of carbonyl (C=O) groups excluding carboxylic acids is 1. The number of carbonyl (C=O) groups is 1. The van der Waals surface area contributed by atoms with Crippen molar-refractivity contribution in [3.05, 3.63) is 29.3 Å². The predicted molar refractivity (Wildman–Crippen MR) is 110 cm³/mol. The molecule has 2 N–H and O–H groups in total. The molecule has 11 heteroatoms. The summed E-state index contributed by atoms with van der Waals surface area (Å²) in [6, 6.07) is 4.74. The lowest BCUT2D eigenvalue weighted by Gasteiger charge is -2.23. The molecule has 1 aromatic carbocycles. The van der Waals surface area contributed by atoms with Crippen molar-refractivity contribution in [3.8, 4) is 0 Å². The molecule has 0 aliphatic carbocycles. The van der Waals surface area contributed by atoms with Crippen molar-refractivity contribution in [2.24, 2.45) is 0 Å². The average Bonchev–Trinajstić information content (AvgIpc) is 2.56. The first-order valence-electron chi connectivity index (χ1n) is 8.19. The minimum Gasteiger partial charge on any atom is -0.398 e. The van der Waals surface area contributed by atoms with Gasteiger partial charge in [0.1, 0.15) is 0 Å². The third-order valence-electron chi connectivity index (χ3n) is 3.93. The molecule has 154 valence electrons. The highest BCUT2D eigenvalue weighted by atomic mass is 35.5. The smallest absolute Gasteiger partial charge is 0.253 e. The van der Waals surface area contributed by atoms with E-state index in [0.29, 0.717) is 5.69 Å². The second-order valence-corrected chi connectivity index (χ2v) is 11.4. The highest BCUT2D eigenvalue weighted by Gasteiger charge is 2.22. The maximum atomic E-state index is 12.8. The largest absolute Gasteiger partial charge is 0.398 e. The van der Waals surface area contributed by atoms with Crippen LogP contribution in [0.4, 0.5) is 5.69 Å². The molecule has 0 saturated carbocycles. The zero-order chi connectivity index (χ0) is 20.7. The maximum Gasteiger partial charge on any atom is 0.253 e. The Hall–Kier alpha value is -1.03. The Morgan fingerprint density at radius 1 is 0.963 bits per heavy atom. The monoisotopic (exact) mass is 458 g/mol. The van der Waals surface area contributed by atoms with Gasteiger partial charge in [0.15, 0.2) is 19.7 Å². The Kier molecular flexibility index (Phi) is 9.33. The van der Waals surface area contributed by atoms with Gasteiger partial charge in [0, 0.05) is 36.1 Å². The normalized spacial score (nSPS) is 12.1. The Morgan fingerprint density at radius 3 is 1.85 bits per heavy atom. The summed E-state index contributed by atoms with van der Waals surface area (Å²) in [5.41, 5.74) is 7.32. The molecule has 27 heavy (non-hydrogen) atoms. The van der Waals surface area contributed by atoms with E-state index in [-0.39, 0.29) is 53.4 Å². The molecular formula is C16H24Cl2N2O5S2. The summed E-state index contributed by atoms with van der Waals surface area (Å²) < 4.78 is 47.7. The molecule has 0 aliphatic rings. The number of nitrogens with two attached hydrogens (primary N) is 1. The Balaban J connectivity index is 3.01. The maximum absolute atomic E-state index is 12.8. The van der Waals surface area contributed by atoms with Crippen molar-refractivity contribution < 1.29 is 21.6 Å². The van der Waals surface area contributed by atoms with Crippen molar-refractivity contribution in [3.63, 3.8) is 0 Å². The number of nitrogen functional groups attached to an aromatic ring is 1. The second-order valence-electron chi connectivity index (χ2n) is 6.05. The van der Waals surface area contributed by atoms with E-state index >= 15 is 0 Å². The fraction of sp³-hybridized carbons (Fsp3) is 0.562. The van der Waals surface area contributed by atoms with Crippen LogP contribution >= 0.6 is 23.2 Å². The van der Waals surface area contributed by atoms with Crippen LogP contribution in [0.15, 0.2) is 18.2 Å². The number of hydrogen-bond acceptors (Lipinski definition) is 6. The first-order chi connectivity index (χ1) is 12.5. The first kappa shape index (κ1) is 24.0. The minimum absolute atomic E-state index is 0.0467. The molecule has 0 atom stereocenters. The van der Waals surface area contributed by atoms with Gasteiger partial charge in [0.25, 0.3) is 5.91 Å². The van der Waals surface area contributed by atoms with Crippen molar-refractivity contribution in [1.82, 2.24) is 4.90 Å². The van der Waals surface area contributed by atoms with Crippen LogP contribution in [-0.4, -0.2) is 75.5 Å². The van der Waals surface area contributed by atoms with E-state index in [1.807, 2.05) is 0 Å². The Bertz CT molecular complexity index is 818. The van der Waals surface area contributed by atoms with Gasteiger partial charge in [-0.05, 0) is 24.6 Å². The van der Waals surface area contributed by atoms with E-state index in [0.717, 1.165) is 5.56 Å². The average molecular weight is 459 g/mol. The van der Waals surface area contributed by atoms with Gasteiger partial charge in [-0.15, -0.1) is 23.2 Å². The Morgan fingerprint density at radius 2 is 1.44 bits per heavy atom. The van der Waals surface area contributed by atoms with E-state index in [9.17, 15) is 21.6 Å². The highest BCUT2D eigenvalue weighted by Crippen LogP contribution is 2.15. The number of alkyl halides is 2. The lowest BCUT2D eigenvalue weighted by atomic mass is 10.1. The third-order valence-corrected chi connectivity index (χ3v) is 8.02. The molecule has 1 rings (SSSR count). The van der Waals surface area contributed by atoms with E-state index in [1.165, 1.54) is 11.0 Å². The quantitative estimate of drug-likeness (QED) is 0.394. The van der Waals surface area contributed by atoms with E-state index in [1.54, 1.807) is 19.1 Å². The second kappa shape index (κ2) is 10.5. The number of rotatable bonds is 11. The number of sulfone groups is 2. The van der Waals surface area contributed by atoms with Crippen molar-refractivity contribution >= 4 is 54.5 Å². The first-order valence-corrected chi connectivity index (χ1v) is 12.9. The highest BCUT2D eigenvalue weighted by molar-refractivity contribution is 7.91. The molecule has 0 bridgehead atoms. The molecule has 0 heterocycles. The molecule has 0 fully saturated rings. The topological polar surface area (TPSA) is 115 Å². The van der Waals surface area contributed by atoms with Crippen molar-refractivity contribution in [2.45, 2.75) is 6.92 Å². The minimum atomic E-state index is -3.44. The standard InChI is InChI=1S/C16H24Cl2N2O5S2/c1-13-2-3-14(12-15(13)19)16(21)20(6-10-26(22,23)8-4-17)7-11-27(24,25)9-5-18/h2-3,12H,4-11,19H2,1H3. The third kappa shape index (κ3) is 8.25. The number of anilines is 1. The van der Waals surface area contributed by atoms with Gasteiger partial charge < -0.3 is 10.6 Å². The summed E-state index contributed by atoms with van der Waals surface area (Å²) in [6.07, 6.45) is 0. The molecule has 0 aliphatic heterocycles. The number of nitrogens with zero attached hydrogens (tertiary/aromatic N) is 1. The number of halogens is 2. The molecule has 0 radical (unpaired) electrons. The molecule has 7 nitrogen and oxygen atoms in total. The molecule has 0 aromatic heterocycles. The zero-order valence-corrected chi connectivity index (χ0v) is 18.2. The predicted octanol–water partition coefficient (Wildman–Crippen LogP) is 1.33. The van der Waals surface area contributed by atoms with Gasteiger partial charge >= 0.3 is 0 Å². The summed E-state index contributed by atoms with van der Waals surface area (Å²) in [5.74, 6) is -1.60. The summed E-state index contributed by atoms with van der Waals surface area (Å²) in [4.78, 5) is 14.0. The number of amides is 1. The van der Waals surface area contributed by atoms with Crippen molar-refractivity contribution in [1.29, 1.82) is 0 Å². The van der Waals surface area contributed by atoms with Crippen LogP contribution in [0.25, 0.3) is 0 Å². The number of benzene rings is 1. The van der Waals surface area contributed by atoms with Gasteiger partial charge in [-0.2, -0.15) is 0 Å². The molecule has 1 amide bonds. The molecule has 0 unspecified atom stereocenters. The molecule has 0 spiro atoms. The summed E-state index contributed by atoms with van der Waals surface area (Å²) in [5, 5.41) is 0. The van der Waals surface area contributed by atoms with E-state index in [2.05, 4.69) is 0 Å². The fourth-order valence-electron chi connectivity index (χ4n) is 2.21. The van der Waals surface area contributed by atoms with Gasteiger partial charge in [0.05, 0.1) is 23.0 Å². The lowest BCUT2D eigenvalue weighted by Crippen LogP contribution is -2.39. The van der Waals surface area contributed by atoms with Crippen LogP contribution < -0.4 is 5.73 Å². The van der Waals surface area contributed by atoms with Crippen LogP contribution in [0.5, 0.6) is 0 Å². The van der Waals surface area contributed by atoms with E-state index in [4.69, 9.17) is 28.9 Å². The van der Waals surface area contributed by atoms with Gasteiger partial charge in [0.2, 0.25) is 0 Å². The van der Waals surface area contributed by atoms with Crippen molar-refractivity contribution in [2.75, 3.05) is 53.6 Å². The SMILES string of the molecule is Cc1ccc(C(=O)N(CCS(=O)(=O)CCCl)CCS(=O)(=O)CCCl)cc1N.